The lowest BCUT2D eigenvalue weighted by atomic mass is 9.83. The molecule has 2 rings (SSSR count). The van der Waals surface area contributed by atoms with Crippen LogP contribution in [-0.4, -0.2) is 33.6 Å². The molecule has 2 aromatic heterocycles. The average molecular weight is 545 g/mol. The van der Waals surface area contributed by atoms with E-state index in [0.717, 1.165) is 0 Å². The van der Waals surface area contributed by atoms with Gasteiger partial charge < -0.3 is 24.2 Å². The molecule has 0 saturated carbocycles. The van der Waals surface area contributed by atoms with Crippen LogP contribution in [0.25, 0.3) is 0 Å². The van der Waals surface area contributed by atoms with Crippen molar-refractivity contribution in [2.45, 2.75) is 125 Å². The minimum atomic E-state index is -0.981. The molecule has 0 bridgehead atoms. The van der Waals surface area contributed by atoms with Gasteiger partial charge in [-0.3, -0.25) is 9.59 Å². The Labute approximate surface area is 232 Å². The third-order valence-corrected chi connectivity index (χ3v) is 8.43. The van der Waals surface area contributed by atoms with Crippen molar-refractivity contribution >= 4 is 0 Å². The fraction of sp³-hybridized carbons (Fsp3) is 0.625. The second-order valence-electron chi connectivity index (χ2n) is 11.3. The highest BCUT2D eigenvalue weighted by Crippen LogP contribution is 2.32. The Hall–Kier alpha value is -2.48. The maximum atomic E-state index is 13.0. The molecule has 0 aliphatic rings. The summed E-state index contributed by atoms with van der Waals surface area (Å²) in [7, 11) is 0. The van der Waals surface area contributed by atoms with E-state index in [1.54, 1.807) is 48.5 Å². The van der Waals surface area contributed by atoms with E-state index in [2.05, 4.69) is 0 Å². The molecule has 39 heavy (non-hydrogen) atoms. The Bertz CT molecular complexity index is 1300. The third kappa shape index (κ3) is 6.64. The molecule has 7 nitrogen and oxygen atoms in total. The van der Waals surface area contributed by atoms with Crippen molar-refractivity contribution in [3.05, 3.63) is 77.4 Å². The highest BCUT2D eigenvalue weighted by molar-refractivity contribution is 5.32. The Morgan fingerprint density at radius 3 is 1.77 bits per heavy atom. The lowest BCUT2D eigenvalue weighted by Crippen LogP contribution is -2.35. The molecule has 3 N–H and O–H groups in total. The van der Waals surface area contributed by atoms with Crippen LogP contribution in [0.5, 0.6) is 0 Å². The third-order valence-electron chi connectivity index (χ3n) is 8.43. The Morgan fingerprint density at radius 2 is 1.26 bits per heavy atom. The predicted molar refractivity (Wildman–Crippen MR) is 155 cm³/mol. The molecule has 2 heterocycles. The first-order valence-electron chi connectivity index (χ1n) is 14.1. The highest BCUT2D eigenvalue weighted by atomic mass is 16.3. The molecular formula is C32H48O7. The van der Waals surface area contributed by atoms with E-state index < -0.39 is 30.1 Å². The van der Waals surface area contributed by atoms with Gasteiger partial charge in [0.25, 0.3) is 0 Å². The lowest BCUT2D eigenvalue weighted by Gasteiger charge is -2.30. The van der Waals surface area contributed by atoms with Crippen molar-refractivity contribution in [2.24, 2.45) is 5.92 Å². The lowest BCUT2D eigenvalue weighted by molar-refractivity contribution is 0.0216. The van der Waals surface area contributed by atoms with E-state index in [-0.39, 0.29) is 22.7 Å². The molecule has 0 saturated heterocycles. The molecule has 0 aromatic carbocycles. The van der Waals surface area contributed by atoms with Gasteiger partial charge in [0.1, 0.15) is 23.0 Å². The fourth-order valence-corrected chi connectivity index (χ4v) is 5.53. The van der Waals surface area contributed by atoms with Crippen LogP contribution in [-0.2, 0) is 6.42 Å². The topological polar surface area (TPSA) is 121 Å². The van der Waals surface area contributed by atoms with Gasteiger partial charge in [-0.15, -0.1) is 0 Å². The van der Waals surface area contributed by atoms with Gasteiger partial charge in [-0.2, -0.15) is 0 Å². The number of hydrogen-bond donors (Lipinski definition) is 3. The molecule has 0 amide bonds. The molecule has 218 valence electrons. The van der Waals surface area contributed by atoms with Crippen molar-refractivity contribution < 1.29 is 24.2 Å². The van der Waals surface area contributed by atoms with Crippen LogP contribution in [0.2, 0.25) is 0 Å². The number of aliphatic hydroxyl groups excluding tert-OH is 3. The molecule has 0 radical (unpaired) electrons. The summed E-state index contributed by atoms with van der Waals surface area (Å²) in [5.41, 5.74) is 2.49. The molecule has 0 unspecified atom stereocenters. The van der Waals surface area contributed by atoms with Gasteiger partial charge in [0, 0.05) is 52.3 Å². The quantitative estimate of drug-likeness (QED) is 0.321. The summed E-state index contributed by atoms with van der Waals surface area (Å²) in [6.07, 6.45) is 0.368. The van der Waals surface area contributed by atoms with Crippen LogP contribution in [0.15, 0.2) is 30.1 Å². The SMILES string of the molecule is CCc1oc([C@H](C)[C@H](O)[C@@H](C)[C@H](O)/C(C)=C/[C@@H](C)c2oc([C@@H](C)[C@@H](O)CC)c(C)c(=O)c2C)c(C)c(=O)c1C. The van der Waals surface area contributed by atoms with Crippen LogP contribution in [0.3, 0.4) is 0 Å². The molecular weight excluding hydrogens is 496 g/mol. The molecule has 0 spiro atoms. The smallest absolute Gasteiger partial charge is 0.191 e. The molecule has 0 aliphatic heterocycles. The minimum Gasteiger partial charge on any atom is -0.465 e. The van der Waals surface area contributed by atoms with Crippen LogP contribution < -0.4 is 10.9 Å². The zero-order chi connectivity index (χ0) is 29.9. The summed E-state index contributed by atoms with van der Waals surface area (Å²) in [6, 6.07) is 0. The van der Waals surface area contributed by atoms with Crippen LogP contribution in [0.4, 0.5) is 0 Å². The van der Waals surface area contributed by atoms with Crippen molar-refractivity contribution in [3.63, 3.8) is 0 Å². The Morgan fingerprint density at radius 1 is 0.769 bits per heavy atom. The summed E-state index contributed by atoms with van der Waals surface area (Å²) < 4.78 is 12.3. The second kappa shape index (κ2) is 13.2. The molecule has 0 fully saturated rings. The molecule has 0 aliphatic carbocycles. The fourth-order valence-electron chi connectivity index (χ4n) is 5.53. The summed E-state index contributed by atoms with van der Waals surface area (Å²) in [4.78, 5) is 25.7. The van der Waals surface area contributed by atoms with Gasteiger partial charge >= 0.3 is 0 Å². The van der Waals surface area contributed by atoms with Crippen molar-refractivity contribution in [3.8, 4) is 0 Å². The first-order chi connectivity index (χ1) is 18.1. The van der Waals surface area contributed by atoms with Gasteiger partial charge in [-0.1, -0.05) is 47.6 Å². The van der Waals surface area contributed by atoms with E-state index in [4.69, 9.17) is 8.83 Å². The number of rotatable bonds is 11. The van der Waals surface area contributed by atoms with Crippen molar-refractivity contribution in [2.75, 3.05) is 0 Å². The van der Waals surface area contributed by atoms with Gasteiger partial charge in [-0.05, 0) is 46.6 Å². The van der Waals surface area contributed by atoms with Crippen molar-refractivity contribution in [1.29, 1.82) is 0 Å². The number of hydrogen-bond acceptors (Lipinski definition) is 7. The van der Waals surface area contributed by atoms with Crippen LogP contribution in [0.1, 0.15) is 118 Å². The van der Waals surface area contributed by atoms with E-state index >= 15 is 0 Å². The van der Waals surface area contributed by atoms with Gasteiger partial charge in [-0.25, -0.2) is 0 Å². The largest absolute Gasteiger partial charge is 0.465 e. The maximum Gasteiger partial charge on any atom is 0.191 e. The van der Waals surface area contributed by atoms with E-state index in [1.165, 1.54) is 0 Å². The summed E-state index contributed by atoms with van der Waals surface area (Å²) >= 11 is 0. The zero-order valence-corrected chi connectivity index (χ0v) is 25.5. The van der Waals surface area contributed by atoms with E-state index in [0.29, 0.717) is 63.7 Å². The summed E-state index contributed by atoms with van der Waals surface area (Å²) in [5.74, 6) is 0.278. The minimum absolute atomic E-state index is 0.0830. The Balaban J connectivity index is 2.38. The zero-order valence-electron chi connectivity index (χ0n) is 25.5. The average Bonchev–Trinajstić information content (AvgIpc) is 2.92. The normalized spacial score (nSPS) is 17.8. The van der Waals surface area contributed by atoms with Gasteiger partial charge in [0.2, 0.25) is 0 Å². The molecule has 7 atom stereocenters. The summed E-state index contributed by atoms with van der Waals surface area (Å²) in [6.45, 7) is 19.8. The number of allylic oxidation sites excluding steroid dienone is 1. The maximum absolute atomic E-state index is 13.0. The first kappa shape index (κ1) is 32.7. The van der Waals surface area contributed by atoms with Gasteiger partial charge in [0.15, 0.2) is 10.9 Å². The van der Waals surface area contributed by atoms with Crippen LogP contribution >= 0.6 is 0 Å². The Kier molecular flexibility index (Phi) is 11.1. The highest BCUT2D eigenvalue weighted by Gasteiger charge is 2.32. The van der Waals surface area contributed by atoms with E-state index in [1.807, 2.05) is 33.8 Å². The second-order valence-corrected chi connectivity index (χ2v) is 11.3. The van der Waals surface area contributed by atoms with Crippen LogP contribution in [0, 0.1) is 33.6 Å². The monoisotopic (exact) mass is 544 g/mol. The van der Waals surface area contributed by atoms with Crippen molar-refractivity contribution in [1.82, 2.24) is 0 Å². The molecule has 2 aromatic rings. The van der Waals surface area contributed by atoms with E-state index in [9.17, 15) is 24.9 Å². The predicted octanol–water partition coefficient (Wildman–Crippen LogP) is 5.47. The van der Waals surface area contributed by atoms with Gasteiger partial charge in [0.05, 0.1) is 18.3 Å². The standard InChI is InChI=1S/C32H48O7/c1-12-24(33)17(5)31-23(11)29(37)20(8)30(39-31)16(4)14-15(3)26(34)19(7)28(36)22(10)32-21(9)27(35)18(6)25(13-2)38-32/h14,16-17,19,22,24,26,28,33-34,36H,12-13H2,1-11H3/b15-14+/t16-,17+,19+,22-,24+,26-,28-/m1/s1. The number of aliphatic hydroxyl groups is 3. The molecule has 7 heteroatoms. The first-order valence-corrected chi connectivity index (χ1v) is 14.1. The summed E-state index contributed by atoms with van der Waals surface area (Å²) in [5, 5.41) is 32.8. The number of aryl methyl sites for hydroxylation is 1.